The lowest BCUT2D eigenvalue weighted by atomic mass is 9.72. The summed E-state index contributed by atoms with van der Waals surface area (Å²) in [5.41, 5.74) is 3.62. The second-order valence-corrected chi connectivity index (χ2v) is 11.9. The van der Waals surface area contributed by atoms with Crippen LogP contribution in [0.15, 0.2) is 24.3 Å². The van der Waals surface area contributed by atoms with Gasteiger partial charge in [-0.05, 0) is 68.6 Å². The van der Waals surface area contributed by atoms with E-state index in [0.29, 0.717) is 35.1 Å². The third kappa shape index (κ3) is 5.02. The SMILES string of the molecule is Cc1ccccc1C(=O)Nc1sc2c(c1C(=O)N1C[C@H](C)O[C@@H](C)C1)CC[C@H](C(C)(C)C)C2. The van der Waals surface area contributed by atoms with Crippen LogP contribution in [-0.2, 0) is 17.6 Å². The molecule has 33 heavy (non-hydrogen) atoms. The van der Waals surface area contributed by atoms with Gasteiger partial charge in [-0.3, -0.25) is 9.59 Å². The van der Waals surface area contributed by atoms with Crippen molar-refractivity contribution in [1.29, 1.82) is 0 Å². The number of aryl methyl sites for hydroxylation is 1. The van der Waals surface area contributed by atoms with Gasteiger partial charge in [0.25, 0.3) is 11.8 Å². The van der Waals surface area contributed by atoms with Crippen molar-refractivity contribution in [1.82, 2.24) is 4.90 Å². The summed E-state index contributed by atoms with van der Waals surface area (Å²) in [5, 5.41) is 3.82. The highest BCUT2D eigenvalue weighted by Crippen LogP contribution is 2.45. The highest BCUT2D eigenvalue weighted by atomic mass is 32.1. The Kier molecular flexibility index (Phi) is 6.70. The molecule has 2 heterocycles. The topological polar surface area (TPSA) is 58.6 Å². The average molecular weight is 469 g/mol. The zero-order valence-electron chi connectivity index (χ0n) is 20.7. The number of fused-ring (bicyclic) bond motifs is 1. The van der Waals surface area contributed by atoms with Gasteiger partial charge in [-0.1, -0.05) is 39.0 Å². The molecule has 0 spiro atoms. The number of nitrogens with zero attached hydrogens (tertiary/aromatic N) is 1. The molecule has 0 saturated carbocycles. The summed E-state index contributed by atoms with van der Waals surface area (Å²) in [5.74, 6) is 0.426. The van der Waals surface area contributed by atoms with Crippen molar-refractivity contribution in [3.05, 3.63) is 51.4 Å². The van der Waals surface area contributed by atoms with E-state index in [1.807, 2.05) is 49.9 Å². The van der Waals surface area contributed by atoms with Crippen molar-refractivity contribution in [2.75, 3.05) is 18.4 Å². The molecule has 2 aliphatic rings. The van der Waals surface area contributed by atoms with Gasteiger partial charge in [0.15, 0.2) is 0 Å². The molecule has 1 fully saturated rings. The molecule has 2 amide bonds. The number of nitrogens with one attached hydrogen (secondary N) is 1. The Morgan fingerprint density at radius 1 is 1.12 bits per heavy atom. The smallest absolute Gasteiger partial charge is 0.257 e. The largest absolute Gasteiger partial charge is 0.372 e. The van der Waals surface area contributed by atoms with Crippen molar-refractivity contribution >= 4 is 28.2 Å². The van der Waals surface area contributed by atoms with Gasteiger partial charge in [0.05, 0.1) is 17.8 Å². The lowest BCUT2D eigenvalue weighted by Crippen LogP contribution is -2.48. The minimum Gasteiger partial charge on any atom is -0.372 e. The van der Waals surface area contributed by atoms with Gasteiger partial charge in [-0.15, -0.1) is 11.3 Å². The number of carbonyl (C=O) groups is 2. The van der Waals surface area contributed by atoms with Crippen LogP contribution in [0.25, 0.3) is 0 Å². The summed E-state index contributed by atoms with van der Waals surface area (Å²) in [6.45, 7) is 14.0. The molecule has 0 unspecified atom stereocenters. The Bertz CT molecular complexity index is 1040. The van der Waals surface area contributed by atoms with Crippen LogP contribution in [0.4, 0.5) is 5.00 Å². The molecule has 1 N–H and O–H groups in total. The number of benzene rings is 1. The molecule has 0 radical (unpaired) electrons. The summed E-state index contributed by atoms with van der Waals surface area (Å²) >= 11 is 1.59. The minimum atomic E-state index is -0.156. The normalized spacial score (nSPS) is 23.2. The van der Waals surface area contributed by atoms with Gasteiger partial charge in [0.1, 0.15) is 5.00 Å². The Balaban J connectivity index is 1.71. The van der Waals surface area contributed by atoms with E-state index < -0.39 is 0 Å². The Labute approximate surface area is 201 Å². The molecule has 4 rings (SSSR count). The average Bonchev–Trinajstić information content (AvgIpc) is 3.09. The highest BCUT2D eigenvalue weighted by Gasteiger charge is 2.36. The van der Waals surface area contributed by atoms with Crippen LogP contribution in [0.2, 0.25) is 0 Å². The monoisotopic (exact) mass is 468 g/mol. The molecular formula is C27H36N2O3S. The molecule has 178 valence electrons. The van der Waals surface area contributed by atoms with Crippen molar-refractivity contribution in [2.45, 2.75) is 73.0 Å². The van der Waals surface area contributed by atoms with Gasteiger partial charge in [-0.2, -0.15) is 0 Å². The number of amides is 2. The summed E-state index contributed by atoms with van der Waals surface area (Å²) in [4.78, 5) is 30.2. The van der Waals surface area contributed by atoms with Crippen LogP contribution in [0.3, 0.4) is 0 Å². The van der Waals surface area contributed by atoms with Crippen LogP contribution >= 0.6 is 11.3 Å². The summed E-state index contributed by atoms with van der Waals surface area (Å²) in [6.07, 6.45) is 2.91. The molecule has 2 aromatic rings. The Morgan fingerprint density at radius 2 is 1.79 bits per heavy atom. The van der Waals surface area contributed by atoms with Gasteiger partial charge in [0, 0.05) is 23.5 Å². The van der Waals surface area contributed by atoms with Crippen LogP contribution in [0.1, 0.15) is 77.8 Å². The number of rotatable bonds is 3. The number of carbonyl (C=O) groups excluding carboxylic acids is 2. The molecule has 3 atom stereocenters. The highest BCUT2D eigenvalue weighted by molar-refractivity contribution is 7.17. The molecule has 1 aliphatic heterocycles. The summed E-state index contributed by atoms with van der Waals surface area (Å²) in [6, 6.07) is 7.57. The standard InChI is InChI=1S/C27H36N2O3S/c1-16-9-7-8-10-20(16)24(30)28-25-23(26(31)29-14-17(2)32-18(3)15-29)21-12-11-19(27(4,5)6)13-22(21)33-25/h7-10,17-19H,11-15H2,1-6H3,(H,28,30)/t17-,18-,19-/m0/s1. The predicted octanol–water partition coefficient (Wildman–Crippen LogP) is 5.71. The molecule has 0 bridgehead atoms. The number of anilines is 1. The van der Waals surface area contributed by atoms with Gasteiger partial charge < -0.3 is 15.0 Å². The molecular weight excluding hydrogens is 432 g/mol. The first kappa shape index (κ1) is 24.0. The Morgan fingerprint density at radius 3 is 2.42 bits per heavy atom. The van der Waals surface area contributed by atoms with Crippen molar-refractivity contribution in [3.63, 3.8) is 0 Å². The van der Waals surface area contributed by atoms with E-state index in [1.165, 1.54) is 4.88 Å². The van der Waals surface area contributed by atoms with E-state index in [9.17, 15) is 9.59 Å². The van der Waals surface area contributed by atoms with Crippen molar-refractivity contribution in [2.24, 2.45) is 11.3 Å². The van der Waals surface area contributed by atoms with E-state index in [4.69, 9.17) is 4.74 Å². The molecule has 1 saturated heterocycles. The van der Waals surface area contributed by atoms with Gasteiger partial charge >= 0.3 is 0 Å². The Hall–Kier alpha value is -2.18. The van der Waals surface area contributed by atoms with Gasteiger partial charge in [-0.25, -0.2) is 0 Å². The quantitative estimate of drug-likeness (QED) is 0.628. The lowest BCUT2D eigenvalue weighted by molar-refractivity contribution is -0.0586. The second-order valence-electron chi connectivity index (χ2n) is 10.8. The molecule has 6 heteroatoms. The van der Waals surface area contributed by atoms with E-state index in [-0.39, 0.29) is 29.4 Å². The van der Waals surface area contributed by atoms with E-state index in [0.717, 1.165) is 30.4 Å². The maximum Gasteiger partial charge on any atom is 0.257 e. The number of ether oxygens (including phenoxy) is 1. The van der Waals surface area contributed by atoms with Crippen LogP contribution in [0.5, 0.6) is 0 Å². The first-order chi connectivity index (χ1) is 15.5. The fourth-order valence-corrected chi connectivity index (χ4v) is 6.45. The second kappa shape index (κ2) is 9.22. The first-order valence-electron chi connectivity index (χ1n) is 12.0. The van der Waals surface area contributed by atoms with Crippen LogP contribution in [0, 0.1) is 18.3 Å². The lowest BCUT2D eigenvalue weighted by Gasteiger charge is -2.36. The first-order valence-corrected chi connectivity index (χ1v) is 12.8. The van der Waals surface area contributed by atoms with E-state index >= 15 is 0 Å². The summed E-state index contributed by atoms with van der Waals surface area (Å²) in [7, 11) is 0. The van der Waals surface area contributed by atoms with Crippen molar-refractivity contribution < 1.29 is 14.3 Å². The third-order valence-corrected chi connectivity index (χ3v) is 8.20. The maximum atomic E-state index is 13.8. The third-order valence-electron chi connectivity index (χ3n) is 7.03. The van der Waals surface area contributed by atoms with Crippen molar-refractivity contribution in [3.8, 4) is 0 Å². The number of morpholine rings is 1. The molecule has 5 nitrogen and oxygen atoms in total. The number of hydrogen-bond donors (Lipinski definition) is 1. The van der Waals surface area contributed by atoms with Crippen LogP contribution in [-0.4, -0.2) is 42.0 Å². The maximum absolute atomic E-state index is 13.8. The zero-order chi connectivity index (χ0) is 23.9. The predicted molar refractivity (Wildman–Crippen MR) is 134 cm³/mol. The fraction of sp³-hybridized carbons (Fsp3) is 0.556. The molecule has 1 aromatic heterocycles. The molecule has 1 aromatic carbocycles. The minimum absolute atomic E-state index is 0.00226. The van der Waals surface area contributed by atoms with E-state index in [1.54, 1.807) is 11.3 Å². The molecule has 1 aliphatic carbocycles. The number of hydrogen-bond acceptors (Lipinski definition) is 4. The fourth-order valence-electron chi connectivity index (χ4n) is 5.14. The zero-order valence-corrected chi connectivity index (χ0v) is 21.5. The van der Waals surface area contributed by atoms with Gasteiger partial charge in [0.2, 0.25) is 0 Å². The number of thiophene rings is 1. The summed E-state index contributed by atoms with van der Waals surface area (Å²) < 4.78 is 5.85. The van der Waals surface area contributed by atoms with Crippen LogP contribution < -0.4 is 5.32 Å². The van der Waals surface area contributed by atoms with E-state index in [2.05, 4.69) is 26.1 Å².